The molecule has 1 aliphatic carbocycles. The summed E-state index contributed by atoms with van der Waals surface area (Å²) in [7, 11) is 0. The van der Waals surface area contributed by atoms with Crippen molar-refractivity contribution in [2.24, 2.45) is 5.11 Å². The van der Waals surface area contributed by atoms with Gasteiger partial charge in [0.2, 0.25) is 0 Å². The van der Waals surface area contributed by atoms with Gasteiger partial charge < -0.3 is 25.5 Å². The molecule has 1 rings (SSSR count). The van der Waals surface area contributed by atoms with Crippen LogP contribution < -0.4 is 0 Å². The van der Waals surface area contributed by atoms with Gasteiger partial charge in [0.1, 0.15) is 17.8 Å². The molecule has 0 bridgehead atoms. The van der Waals surface area contributed by atoms with Crippen LogP contribution in [-0.4, -0.2) is 62.1 Å². The van der Waals surface area contributed by atoms with Gasteiger partial charge in [0.05, 0.1) is 18.8 Å². The molecular weight excluding hydrogens is 206 g/mol. The van der Waals surface area contributed by atoms with Gasteiger partial charge >= 0.3 is 0 Å². The lowest BCUT2D eigenvalue weighted by molar-refractivity contribution is -0.203. The first-order valence-corrected chi connectivity index (χ1v) is 4.38. The topological polar surface area (TPSA) is 150 Å². The summed E-state index contributed by atoms with van der Waals surface area (Å²) in [4.78, 5) is 2.45. The van der Waals surface area contributed by atoms with E-state index >= 15 is 0 Å². The Balaban J connectivity index is 2.94. The monoisotopic (exact) mass is 219 g/mol. The van der Waals surface area contributed by atoms with Crippen molar-refractivity contribution in [3.8, 4) is 0 Å². The fourth-order valence-electron chi connectivity index (χ4n) is 1.67. The van der Waals surface area contributed by atoms with Crippen LogP contribution in [0.4, 0.5) is 0 Å². The second kappa shape index (κ2) is 4.31. The Bertz CT molecular complexity index is 282. The molecule has 0 aromatic carbocycles. The fraction of sp³-hybridized carbons (Fsp3) is 1.00. The lowest BCUT2D eigenvalue weighted by Crippen LogP contribution is -2.63. The van der Waals surface area contributed by atoms with E-state index in [9.17, 15) is 20.4 Å². The summed E-state index contributed by atoms with van der Waals surface area (Å²) in [5.41, 5.74) is 6.23. The highest BCUT2D eigenvalue weighted by molar-refractivity contribution is 5.04. The van der Waals surface area contributed by atoms with E-state index in [2.05, 4.69) is 10.0 Å². The van der Waals surface area contributed by atoms with Crippen molar-refractivity contribution in [3.05, 3.63) is 10.4 Å². The summed E-state index contributed by atoms with van der Waals surface area (Å²) in [5, 5.41) is 49.9. The molecular formula is C7H13N3O5. The number of rotatable bonds is 2. The minimum atomic E-state index is -1.96. The van der Waals surface area contributed by atoms with Crippen molar-refractivity contribution in [2.75, 3.05) is 6.61 Å². The van der Waals surface area contributed by atoms with Crippen molar-refractivity contribution in [2.45, 2.75) is 36.4 Å². The molecule has 1 fully saturated rings. The molecule has 0 amide bonds. The maximum absolute atomic E-state index is 9.68. The van der Waals surface area contributed by atoms with Gasteiger partial charge in [-0.05, 0) is 12.0 Å². The molecule has 1 aliphatic rings. The van der Waals surface area contributed by atoms with Crippen molar-refractivity contribution in [3.63, 3.8) is 0 Å². The van der Waals surface area contributed by atoms with Gasteiger partial charge in [0, 0.05) is 4.91 Å². The molecule has 5 atom stereocenters. The van der Waals surface area contributed by atoms with Crippen molar-refractivity contribution in [1.82, 2.24) is 0 Å². The van der Waals surface area contributed by atoms with Crippen LogP contribution >= 0.6 is 0 Å². The molecule has 8 nitrogen and oxygen atoms in total. The number of aliphatic hydroxyl groups excluding tert-OH is 4. The fourth-order valence-corrected chi connectivity index (χ4v) is 1.67. The standard InChI is InChI=1S/C7H13N3O5/c8-10-9-3-1-7(15,2-11)6(14)5(13)4(3)12/h3-6,11-15H,1-2H2/t3-,4-,5+,6-,7-/m0/s1. The average Bonchev–Trinajstić information content (AvgIpc) is 2.23. The molecule has 0 radical (unpaired) electrons. The highest BCUT2D eigenvalue weighted by Crippen LogP contribution is 2.31. The highest BCUT2D eigenvalue weighted by atomic mass is 16.4. The predicted molar refractivity (Wildman–Crippen MR) is 47.6 cm³/mol. The minimum Gasteiger partial charge on any atom is -0.393 e. The highest BCUT2D eigenvalue weighted by Gasteiger charge is 2.50. The second-order valence-electron chi connectivity index (χ2n) is 3.66. The van der Waals surface area contributed by atoms with E-state index < -0.39 is 36.6 Å². The Kier molecular flexibility index (Phi) is 3.50. The van der Waals surface area contributed by atoms with Gasteiger partial charge in [0.15, 0.2) is 0 Å². The molecule has 0 aliphatic heterocycles. The third kappa shape index (κ3) is 2.05. The van der Waals surface area contributed by atoms with Gasteiger partial charge in [-0.3, -0.25) is 0 Å². The molecule has 0 unspecified atom stereocenters. The Morgan fingerprint density at radius 1 is 1.33 bits per heavy atom. The van der Waals surface area contributed by atoms with Crippen LogP contribution in [0.5, 0.6) is 0 Å². The summed E-state index contributed by atoms with van der Waals surface area (Å²) in [6.07, 6.45) is -5.11. The maximum atomic E-state index is 9.68. The molecule has 0 aromatic rings. The van der Waals surface area contributed by atoms with Crippen molar-refractivity contribution >= 4 is 0 Å². The summed E-state index contributed by atoms with van der Waals surface area (Å²) >= 11 is 0. The van der Waals surface area contributed by atoms with E-state index in [1.165, 1.54) is 0 Å². The maximum Gasteiger partial charge on any atom is 0.117 e. The van der Waals surface area contributed by atoms with Crippen LogP contribution in [0.3, 0.4) is 0 Å². The van der Waals surface area contributed by atoms with E-state index in [1.807, 2.05) is 0 Å². The SMILES string of the molecule is [N-]=[N+]=N[C@H]1C[C@](O)(CO)[C@@H](O)[C@H](O)[C@H]1O. The third-order valence-corrected chi connectivity index (χ3v) is 2.65. The van der Waals surface area contributed by atoms with Gasteiger partial charge in [-0.2, -0.15) is 0 Å². The molecule has 5 N–H and O–H groups in total. The predicted octanol–water partition coefficient (Wildman–Crippen LogP) is -2.12. The van der Waals surface area contributed by atoms with Crippen LogP contribution in [0.15, 0.2) is 5.11 Å². The molecule has 0 saturated heterocycles. The lowest BCUT2D eigenvalue weighted by Gasteiger charge is -2.43. The Morgan fingerprint density at radius 2 is 1.93 bits per heavy atom. The molecule has 0 aromatic heterocycles. The molecule has 0 spiro atoms. The summed E-state index contributed by atoms with van der Waals surface area (Å²) in [6, 6.07) is -1.08. The summed E-state index contributed by atoms with van der Waals surface area (Å²) in [5.74, 6) is 0. The minimum absolute atomic E-state index is 0.313. The van der Waals surface area contributed by atoms with Crippen LogP contribution in [0.2, 0.25) is 0 Å². The zero-order valence-electron chi connectivity index (χ0n) is 7.80. The van der Waals surface area contributed by atoms with Crippen LogP contribution in [0.1, 0.15) is 6.42 Å². The smallest absolute Gasteiger partial charge is 0.117 e. The average molecular weight is 219 g/mol. The van der Waals surface area contributed by atoms with E-state index in [-0.39, 0.29) is 6.42 Å². The van der Waals surface area contributed by atoms with Crippen molar-refractivity contribution in [1.29, 1.82) is 0 Å². The summed E-state index contributed by atoms with van der Waals surface area (Å²) < 4.78 is 0. The third-order valence-electron chi connectivity index (χ3n) is 2.65. The van der Waals surface area contributed by atoms with E-state index in [1.54, 1.807) is 0 Å². The largest absolute Gasteiger partial charge is 0.393 e. The molecule has 15 heavy (non-hydrogen) atoms. The molecule has 8 heteroatoms. The van der Waals surface area contributed by atoms with Crippen LogP contribution in [0, 0.1) is 0 Å². The van der Waals surface area contributed by atoms with Crippen LogP contribution in [-0.2, 0) is 0 Å². The first-order valence-electron chi connectivity index (χ1n) is 4.38. The lowest BCUT2D eigenvalue weighted by atomic mass is 9.77. The number of hydrogen-bond donors (Lipinski definition) is 5. The zero-order chi connectivity index (χ0) is 11.6. The molecule has 1 saturated carbocycles. The quantitative estimate of drug-likeness (QED) is 0.204. The van der Waals surface area contributed by atoms with Crippen LogP contribution in [0.25, 0.3) is 10.4 Å². The Morgan fingerprint density at radius 3 is 2.40 bits per heavy atom. The zero-order valence-corrected chi connectivity index (χ0v) is 7.80. The first kappa shape index (κ1) is 12.2. The van der Waals surface area contributed by atoms with Gasteiger partial charge in [-0.1, -0.05) is 5.11 Å². The van der Waals surface area contributed by atoms with E-state index in [0.717, 1.165) is 0 Å². The van der Waals surface area contributed by atoms with Gasteiger partial charge in [-0.15, -0.1) is 0 Å². The first-order chi connectivity index (χ1) is 6.96. The second-order valence-corrected chi connectivity index (χ2v) is 3.66. The van der Waals surface area contributed by atoms with E-state index in [0.29, 0.717) is 0 Å². The van der Waals surface area contributed by atoms with Gasteiger partial charge in [0.25, 0.3) is 0 Å². The Hall–Kier alpha value is -0.890. The van der Waals surface area contributed by atoms with Gasteiger partial charge in [-0.25, -0.2) is 0 Å². The van der Waals surface area contributed by atoms with Crippen molar-refractivity contribution < 1.29 is 25.5 Å². The normalized spacial score (nSPS) is 45.9. The number of aliphatic hydroxyl groups is 5. The van der Waals surface area contributed by atoms with E-state index in [4.69, 9.17) is 10.6 Å². The molecule has 0 heterocycles. The number of hydrogen-bond acceptors (Lipinski definition) is 6. The Labute approximate surface area is 85.0 Å². The number of azide groups is 1. The molecule has 86 valence electrons. The summed E-state index contributed by atoms with van der Waals surface area (Å²) in [6.45, 7) is -0.796. The number of nitrogens with zero attached hydrogens (tertiary/aromatic N) is 3.